The van der Waals surface area contributed by atoms with Crippen LogP contribution in [-0.4, -0.2) is 5.78 Å². The van der Waals surface area contributed by atoms with Crippen LogP contribution in [0.2, 0.25) is 0 Å². The molecule has 0 spiro atoms. The molecule has 0 saturated heterocycles. The Morgan fingerprint density at radius 1 is 1.18 bits per heavy atom. The van der Waals surface area contributed by atoms with Gasteiger partial charge in [-0.2, -0.15) is 0 Å². The third kappa shape index (κ3) is 4.07. The molecule has 86 valence electrons. The summed E-state index contributed by atoms with van der Waals surface area (Å²) in [5.74, 6) is -0.0122. The van der Waals surface area contributed by atoms with Crippen LogP contribution in [0.15, 0.2) is 78.9 Å². The fourth-order valence-electron chi connectivity index (χ4n) is 1.33. The van der Waals surface area contributed by atoms with Crippen LogP contribution in [0.3, 0.4) is 0 Å². The Hall–Kier alpha value is -2.15. The number of hydrogen-bond acceptors (Lipinski definition) is 1. The molecule has 0 saturated carbocycles. The van der Waals surface area contributed by atoms with E-state index in [0.717, 1.165) is 11.1 Å². The van der Waals surface area contributed by atoms with Crippen molar-refractivity contribution in [3.63, 3.8) is 0 Å². The molecule has 0 radical (unpaired) electrons. The number of rotatable bonds is 5. The lowest BCUT2D eigenvalue weighted by Gasteiger charge is -1.99. The van der Waals surface area contributed by atoms with Crippen LogP contribution < -0.4 is 0 Å². The predicted octanol–water partition coefficient (Wildman–Crippen LogP) is 4.11. The van der Waals surface area contributed by atoms with Gasteiger partial charge >= 0.3 is 0 Å². The molecule has 1 heteroatoms. The normalized spacial score (nSPS) is 11.5. The second-order valence-corrected chi connectivity index (χ2v) is 3.70. The minimum atomic E-state index is -0.0122. The molecule has 0 fully saturated rings. The summed E-state index contributed by atoms with van der Waals surface area (Å²) in [6, 6.07) is 9.17. The maximum atomic E-state index is 11.8. The van der Waals surface area contributed by atoms with Gasteiger partial charge in [-0.1, -0.05) is 67.3 Å². The Labute approximate surface area is 102 Å². The van der Waals surface area contributed by atoms with Crippen molar-refractivity contribution >= 4 is 5.78 Å². The van der Waals surface area contributed by atoms with Gasteiger partial charge in [0.15, 0.2) is 5.78 Å². The highest BCUT2D eigenvalue weighted by atomic mass is 16.1. The fraction of sp³-hybridized carbons (Fsp3) is 0.0625. The van der Waals surface area contributed by atoms with Crippen molar-refractivity contribution < 1.29 is 4.79 Å². The Bertz CT molecular complexity index is 476. The molecule has 0 atom stereocenters. The first-order valence-electron chi connectivity index (χ1n) is 5.41. The van der Waals surface area contributed by atoms with Crippen LogP contribution >= 0.6 is 0 Å². The van der Waals surface area contributed by atoms with E-state index >= 15 is 0 Å². The molecule has 0 amide bonds. The van der Waals surface area contributed by atoms with Gasteiger partial charge in [-0.25, -0.2) is 0 Å². The maximum absolute atomic E-state index is 11.8. The minimum Gasteiger partial charge on any atom is -0.289 e. The zero-order chi connectivity index (χ0) is 12.7. The van der Waals surface area contributed by atoms with E-state index in [1.165, 1.54) is 0 Å². The summed E-state index contributed by atoms with van der Waals surface area (Å²) in [5.41, 5.74) is 2.50. The lowest BCUT2D eigenvalue weighted by atomic mass is 10.1. The molecule has 1 aromatic rings. The second-order valence-electron chi connectivity index (χ2n) is 3.70. The van der Waals surface area contributed by atoms with Gasteiger partial charge in [-0.15, -0.1) is 0 Å². The van der Waals surface area contributed by atoms with E-state index in [9.17, 15) is 4.79 Å². The van der Waals surface area contributed by atoms with Crippen molar-refractivity contribution in [3.05, 3.63) is 84.5 Å². The van der Waals surface area contributed by atoms with E-state index in [4.69, 9.17) is 0 Å². The zero-order valence-corrected chi connectivity index (χ0v) is 10.0. The van der Waals surface area contributed by atoms with Crippen LogP contribution in [0, 0.1) is 0 Å². The van der Waals surface area contributed by atoms with Crippen LogP contribution in [-0.2, 0) is 0 Å². The first-order valence-corrected chi connectivity index (χ1v) is 5.41. The number of hydrogen-bond donors (Lipinski definition) is 0. The summed E-state index contributed by atoms with van der Waals surface area (Å²) in [6.07, 6.45) is 6.83. The molecule has 0 bridgehead atoms. The molecule has 0 aliphatic rings. The van der Waals surface area contributed by atoms with Gasteiger partial charge in [-0.05, 0) is 18.6 Å². The average Bonchev–Trinajstić information content (AvgIpc) is 2.34. The Balaban J connectivity index is 2.84. The Morgan fingerprint density at radius 2 is 1.82 bits per heavy atom. The maximum Gasteiger partial charge on any atom is 0.185 e. The van der Waals surface area contributed by atoms with Gasteiger partial charge in [0.05, 0.1) is 0 Å². The average molecular weight is 224 g/mol. The SMILES string of the molecule is C=C/C=C(/C=C/C(=O)c1ccccc1)C(=C)C. The van der Waals surface area contributed by atoms with Crippen molar-refractivity contribution in [2.24, 2.45) is 0 Å². The van der Waals surface area contributed by atoms with Gasteiger partial charge in [0, 0.05) is 5.56 Å². The van der Waals surface area contributed by atoms with Gasteiger partial charge < -0.3 is 0 Å². The minimum absolute atomic E-state index is 0.0122. The molecule has 17 heavy (non-hydrogen) atoms. The van der Waals surface area contributed by atoms with E-state index in [1.807, 2.05) is 31.2 Å². The lowest BCUT2D eigenvalue weighted by molar-refractivity contribution is 0.104. The second kappa shape index (κ2) is 6.44. The van der Waals surface area contributed by atoms with E-state index in [0.29, 0.717) is 5.56 Å². The largest absolute Gasteiger partial charge is 0.289 e. The van der Waals surface area contributed by atoms with Crippen LogP contribution in [0.25, 0.3) is 0 Å². The van der Waals surface area contributed by atoms with E-state index in [-0.39, 0.29) is 5.78 Å². The van der Waals surface area contributed by atoms with Gasteiger partial charge in [0.25, 0.3) is 0 Å². The van der Waals surface area contributed by atoms with Crippen molar-refractivity contribution in [3.8, 4) is 0 Å². The summed E-state index contributed by atoms with van der Waals surface area (Å²) in [7, 11) is 0. The molecule has 1 nitrogen and oxygen atoms in total. The number of carbonyl (C=O) groups is 1. The van der Waals surface area contributed by atoms with Crippen molar-refractivity contribution in [1.29, 1.82) is 0 Å². The summed E-state index contributed by atoms with van der Waals surface area (Å²) >= 11 is 0. The van der Waals surface area contributed by atoms with Crippen LogP contribution in [0.5, 0.6) is 0 Å². The van der Waals surface area contributed by atoms with Crippen molar-refractivity contribution in [2.75, 3.05) is 0 Å². The molecule has 0 aliphatic heterocycles. The number of allylic oxidation sites excluding steroid dienone is 6. The van der Waals surface area contributed by atoms with Crippen LogP contribution in [0.1, 0.15) is 17.3 Å². The molecule has 0 heterocycles. The Kier molecular flexibility index (Phi) is 4.89. The third-order valence-corrected chi connectivity index (χ3v) is 2.26. The first kappa shape index (κ1) is 12.9. The number of ketones is 1. The highest BCUT2D eigenvalue weighted by Crippen LogP contribution is 2.10. The molecule has 1 rings (SSSR count). The van der Waals surface area contributed by atoms with Gasteiger partial charge in [-0.3, -0.25) is 4.79 Å². The van der Waals surface area contributed by atoms with Crippen LogP contribution in [0.4, 0.5) is 0 Å². The topological polar surface area (TPSA) is 17.1 Å². The number of carbonyl (C=O) groups excluding carboxylic acids is 1. The predicted molar refractivity (Wildman–Crippen MR) is 73.0 cm³/mol. The highest BCUT2D eigenvalue weighted by Gasteiger charge is 2.00. The van der Waals surface area contributed by atoms with Gasteiger partial charge in [0.2, 0.25) is 0 Å². The quantitative estimate of drug-likeness (QED) is 0.418. The molecule has 0 unspecified atom stereocenters. The molecule has 0 N–H and O–H groups in total. The molecular weight excluding hydrogens is 208 g/mol. The summed E-state index contributed by atoms with van der Waals surface area (Å²) < 4.78 is 0. The lowest BCUT2D eigenvalue weighted by Crippen LogP contribution is -1.93. The standard InChI is InChI=1S/C16H16O/c1-4-8-14(13(2)3)11-12-16(17)15-9-6-5-7-10-15/h4-12H,1-2H2,3H3/b12-11+,14-8-. The van der Waals surface area contributed by atoms with Crippen molar-refractivity contribution in [2.45, 2.75) is 6.92 Å². The Morgan fingerprint density at radius 3 is 2.35 bits per heavy atom. The fourth-order valence-corrected chi connectivity index (χ4v) is 1.33. The first-order chi connectivity index (χ1) is 8.15. The zero-order valence-electron chi connectivity index (χ0n) is 10.0. The van der Waals surface area contributed by atoms with Gasteiger partial charge in [0.1, 0.15) is 0 Å². The van der Waals surface area contributed by atoms with E-state index < -0.39 is 0 Å². The van der Waals surface area contributed by atoms with E-state index in [1.54, 1.807) is 30.4 Å². The molecular formula is C16H16O. The van der Waals surface area contributed by atoms with E-state index in [2.05, 4.69) is 13.2 Å². The van der Waals surface area contributed by atoms with Crippen molar-refractivity contribution in [1.82, 2.24) is 0 Å². The summed E-state index contributed by atoms with van der Waals surface area (Å²) in [4.78, 5) is 11.8. The number of benzene rings is 1. The molecule has 0 aromatic heterocycles. The third-order valence-electron chi connectivity index (χ3n) is 2.26. The molecule has 0 aliphatic carbocycles. The molecule has 1 aromatic carbocycles. The summed E-state index contributed by atoms with van der Waals surface area (Å²) in [6.45, 7) is 9.37. The smallest absolute Gasteiger partial charge is 0.185 e. The monoisotopic (exact) mass is 224 g/mol. The highest BCUT2D eigenvalue weighted by molar-refractivity contribution is 6.04. The summed E-state index contributed by atoms with van der Waals surface area (Å²) in [5, 5.41) is 0.